The van der Waals surface area contributed by atoms with Gasteiger partial charge in [-0.2, -0.15) is 13.2 Å². The van der Waals surface area contributed by atoms with Gasteiger partial charge in [0, 0.05) is 11.5 Å². The monoisotopic (exact) mass is 381 g/mol. The zero-order valence-corrected chi connectivity index (χ0v) is 16.6. The SMILES string of the molecule is CC(C)C(=O)NC1C=CC(C2=C(C(F)(F)F)CC3CCCC23)=CC(C)C1C. The van der Waals surface area contributed by atoms with E-state index in [1.165, 1.54) is 0 Å². The molecule has 1 saturated carbocycles. The Morgan fingerprint density at radius 2 is 1.93 bits per heavy atom. The third-order valence-electron chi connectivity index (χ3n) is 6.63. The summed E-state index contributed by atoms with van der Waals surface area (Å²) in [7, 11) is 0. The molecule has 3 aliphatic rings. The number of hydrogen-bond donors (Lipinski definition) is 1. The van der Waals surface area contributed by atoms with Gasteiger partial charge >= 0.3 is 6.18 Å². The van der Waals surface area contributed by atoms with Gasteiger partial charge in [-0.25, -0.2) is 0 Å². The van der Waals surface area contributed by atoms with Crippen molar-refractivity contribution in [3.8, 4) is 0 Å². The molecular weight excluding hydrogens is 351 g/mol. The highest BCUT2D eigenvalue weighted by molar-refractivity contribution is 5.78. The van der Waals surface area contributed by atoms with Crippen molar-refractivity contribution < 1.29 is 18.0 Å². The molecule has 5 heteroatoms. The summed E-state index contributed by atoms with van der Waals surface area (Å²) in [6.45, 7) is 7.76. The highest BCUT2D eigenvalue weighted by Crippen LogP contribution is 2.54. The highest BCUT2D eigenvalue weighted by Gasteiger charge is 2.48. The Hall–Kier alpha value is -1.52. The van der Waals surface area contributed by atoms with E-state index in [-0.39, 0.29) is 53.5 Å². The minimum absolute atomic E-state index is 0.0286. The Morgan fingerprint density at radius 3 is 2.56 bits per heavy atom. The minimum atomic E-state index is -4.26. The van der Waals surface area contributed by atoms with Crippen molar-refractivity contribution in [1.82, 2.24) is 5.32 Å². The third kappa shape index (κ3) is 4.02. The van der Waals surface area contributed by atoms with Crippen LogP contribution in [-0.4, -0.2) is 18.1 Å². The molecule has 3 rings (SSSR count). The second-order valence-corrected chi connectivity index (χ2v) is 8.78. The van der Waals surface area contributed by atoms with E-state index in [1.807, 2.05) is 45.9 Å². The van der Waals surface area contributed by atoms with E-state index in [9.17, 15) is 18.0 Å². The molecule has 1 fully saturated rings. The fourth-order valence-corrected chi connectivity index (χ4v) is 4.80. The lowest BCUT2D eigenvalue weighted by molar-refractivity contribution is -0.124. The molecule has 0 aliphatic heterocycles. The van der Waals surface area contributed by atoms with E-state index in [1.54, 1.807) is 0 Å². The van der Waals surface area contributed by atoms with Crippen molar-refractivity contribution in [3.05, 3.63) is 34.9 Å². The van der Waals surface area contributed by atoms with Gasteiger partial charge in [0.25, 0.3) is 0 Å². The highest BCUT2D eigenvalue weighted by atomic mass is 19.4. The molecular formula is C22H30F3NO. The average molecular weight is 381 g/mol. The van der Waals surface area contributed by atoms with Gasteiger partial charge in [-0.05, 0) is 54.1 Å². The van der Waals surface area contributed by atoms with Crippen LogP contribution in [0.1, 0.15) is 53.4 Å². The Labute approximate surface area is 160 Å². The number of hydrogen-bond acceptors (Lipinski definition) is 1. The van der Waals surface area contributed by atoms with Crippen molar-refractivity contribution in [1.29, 1.82) is 0 Å². The molecule has 2 nitrogen and oxygen atoms in total. The van der Waals surface area contributed by atoms with Crippen molar-refractivity contribution in [2.24, 2.45) is 29.6 Å². The predicted molar refractivity (Wildman–Crippen MR) is 101 cm³/mol. The smallest absolute Gasteiger partial charge is 0.349 e. The molecule has 3 aliphatic carbocycles. The predicted octanol–water partition coefficient (Wildman–Crippen LogP) is 5.57. The van der Waals surface area contributed by atoms with E-state index in [0.717, 1.165) is 24.8 Å². The van der Waals surface area contributed by atoms with Crippen LogP contribution < -0.4 is 5.32 Å². The van der Waals surface area contributed by atoms with Gasteiger partial charge in [0.2, 0.25) is 5.91 Å². The largest absolute Gasteiger partial charge is 0.412 e. The first kappa shape index (κ1) is 20.2. The van der Waals surface area contributed by atoms with E-state index in [0.29, 0.717) is 5.57 Å². The average Bonchev–Trinajstić information content (AvgIpc) is 3.13. The number of halogens is 3. The van der Waals surface area contributed by atoms with Crippen LogP contribution >= 0.6 is 0 Å². The quantitative estimate of drug-likeness (QED) is 0.680. The molecule has 5 unspecified atom stereocenters. The lowest BCUT2D eigenvalue weighted by Crippen LogP contribution is -2.41. The first-order chi connectivity index (χ1) is 12.6. The molecule has 27 heavy (non-hydrogen) atoms. The maximum atomic E-state index is 13.7. The summed E-state index contributed by atoms with van der Waals surface area (Å²) in [4.78, 5) is 12.1. The molecule has 1 amide bonds. The fraction of sp³-hybridized carbons (Fsp3) is 0.682. The number of fused-ring (bicyclic) bond motifs is 1. The van der Waals surface area contributed by atoms with Crippen molar-refractivity contribution in [2.75, 3.05) is 0 Å². The molecule has 0 aromatic carbocycles. The number of allylic oxidation sites excluding steroid dienone is 5. The second kappa shape index (κ2) is 7.48. The Balaban J connectivity index is 1.95. The number of amides is 1. The van der Waals surface area contributed by atoms with Crippen LogP contribution in [0.3, 0.4) is 0 Å². The van der Waals surface area contributed by atoms with Crippen molar-refractivity contribution in [2.45, 2.75) is 65.6 Å². The molecule has 0 heterocycles. The van der Waals surface area contributed by atoms with Crippen molar-refractivity contribution in [3.63, 3.8) is 0 Å². The topological polar surface area (TPSA) is 29.1 Å². The second-order valence-electron chi connectivity index (χ2n) is 8.78. The van der Waals surface area contributed by atoms with Crippen LogP contribution in [0.15, 0.2) is 34.9 Å². The molecule has 0 saturated heterocycles. The van der Waals surface area contributed by atoms with Gasteiger partial charge in [0.05, 0.1) is 6.04 Å². The van der Waals surface area contributed by atoms with Crippen LogP contribution in [-0.2, 0) is 4.79 Å². The summed E-state index contributed by atoms with van der Waals surface area (Å²) >= 11 is 0. The van der Waals surface area contributed by atoms with Crippen LogP contribution in [0.2, 0.25) is 0 Å². The number of alkyl halides is 3. The lowest BCUT2D eigenvalue weighted by atomic mass is 9.86. The molecule has 1 N–H and O–H groups in total. The molecule has 0 spiro atoms. The van der Waals surface area contributed by atoms with E-state index in [2.05, 4.69) is 5.32 Å². The minimum Gasteiger partial charge on any atom is -0.349 e. The van der Waals surface area contributed by atoms with Gasteiger partial charge in [0.1, 0.15) is 0 Å². The summed E-state index contributed by atoms with van der Waals surface area (Å²) in [5, 5.41) is 3.04. The Bertz CT molecular complexity index is 686. The molecule has 150 valence electrons. The summed E-state index contributed by atoms with van der Waals surface area (Å²) < 4.78 is 41.2. The van der Waals surface area contributed by atoms with Gasteiger partial charge in [-0.15, -0.1) is 0 Å². The van der Waals surface area contributed by atoms with Gasteiger partial charge in [-0.1, -0.05) is 52.3 Å². The summed E-state index contributed by atoms with van der Waals surface area (Å²) in [6.07, 6.45) is 4.36. The van der Waals surface area contributed by atoms with Crippen molar-refractivity contribution >= 4 is 5.91 Å². The van der Waals surface area contributed by atoms with E-state index >= 15 is 0 Å². The lowest BCUT2D eigenvalue weighted by Gasteiger charge is -2.25. The summed E-state index contributed by atoms with van der Waals surface area (Å²) in [5.74, 6) is 0.219. The van der Waals surface area contributed by atoms with Gasteiger partial charge in [0.15, 0.2) is 0 Å². The van der Waals surface area contributed by atoms with Crippen LogP contribution in [0.25, 0.3) is 0 Å². The van der Waals surface area contributed by atoms with Crippen LogP contribution in [0, 0.1) is 29.6 Å². The first-order valence-electron chi connectivity index (χ1n) is 10.1. The molecule has 5 atom stereocenters. The van der Waals surface area contributed by atoms with Gasteiger partial charge in [-0.3, -0.25) is 4.79 Å². The van der Waals surface area contributed by atoms with E-state index < -0.39 is 6.18 Å². The first-order valence-corrected chi connectivity index (χ1v) is 10.1. The van der Waals surface area contributed by atoms with Crippen LogP contribution in [0.4, 0.5) is 13.2 Å². The van der Waals surface area contributed by atoms with E-state index in [4.69, 9.17) is 0 Å². The maximum Gasteiger partial charge on any atom is 0.412 e. The zero-order chi connectivity index (χ0) is 19.9. The molecule has 0 radical (unpaired) electrons. The number of carbonyl (C=O) groups is 1. The third-order valence-corrected chi connectivity index (χ3v) is 6.63. The Morgan fingerprint density at radius 1 is 1.22 bits per heavy atom. The summed E-state index contributed by atoms with van der Waals surface area (Å²) in [6, 6.07) is -0.167. The van der Waals surface area contributed by atoms with Crippen LogP contribution in [0.5, 0.6) is 0 Å². The number of rotatable bonds is 3. The number of carbonyl (C=O) groups excluding carboxylic acids is 1. The van der Waals surface area contributed by atoms with Gasteiger partial charge < -0.3 is 5.32 Å². The molecule has 0 bridgehead atoms. The molecule has 0 aromatic rings. The fourth-order valence-electron chi connectivity index (χ4n) is 4.80. The number of nitrogens with one attached hydrogen (secondary N) is 1. The molecule has 0 aromatic heterocycles. The zero-order valence-electron chi connectivity index (χ0n) is 16.6. The normalized spacial score (nSPS) is 33.9. The summed E-state index contributed by atoms with van der Waals surface area (Å²) in [5.41, 5.74) is 0.922. The standard InChI is InChI=1S/C22H30F3NO/c1-12(2)21(27)26-19-9-8-16(10-13(3)14(19)4)20-17-7-5-6-15(17)11-18(20)22(23,24)25/h8-10,12-15,17,19H,5-7,11H2,1-4H3,(H,26,27). The maximum absolute atomic E-state index is 13.7. The Kier molecular flexibility index (Phi) is 5.60.